The van der Waals surface area contributed by atoms with Crippen molar-refractivity contribution in [1.29, 1.82) is 0 Å². The van der Waals surface area contributed by atoms with E-state index in [-0.39, 0.29) is 18.0 Å². The van der Waals surface area contributed by atoms with Crippen LogP contribution in [0.3, 0.4) is 0 Å². The molecule has 0 radical (unpaired) electrons. The number of imide groups is 1. The standard InChI is InChI=1S/C22H23N3O6/c1-14-11-16(24-7-9-30-10-8-24)4-3-15(14)12-18-20(26)25(22(28)23-18)13-17-5-6-19(31-17)21(27)29-2/h3-6,11-12H,7-10,13H2,1-2H3,(H,23,28)/b18-12-. The topological polar surface area (TPSA) is 101 Å². The van der Waals surface area contributed by atoms with Crippen LogP contribution in [0.4, 0.5) is 10.5 Å². The molecule has 9 nitrogen and oxygen atoms in total. The van der Waals surface area contributed by atoms with E-state index in [4.69, 9.17) is 9.15 Å². The van der Waals surface area contributed by atoms with Crippen molar-refractivity contribution < 1.29 is 28.3 Å². The van der Waals surface area contributed by atoms with Crippen LogP contribution < -0.4 is 10.2 Å². The summed E-state index contributed by atoms with van der Waals surface area (Å²) in [5, 5.41) is 2.61. The molecule has 2 saturated heterocycles. The molecule has 31 heavy (non-hydrogen) atoms. The van der Waals surface area contributed by atoms with Crippen LogP contribution in [0, 0.1) is 6.92 Å². The van der Waals surface area contributed by atoms with Crippen LogP contribution in [-0.4, -0.2) is 56.2 Å². The van der Waals surface area contributed by atoms with Crippen molar-refractivity contribution in [2.24, 2.45) is 0 Å². The maximum Gasteiger partial charge on any atom is 0.373 e. The average Bonchev–Trinajstić information content (AvgIpc) is 3.35. The lowest BCUT2D eigenvalue weighted by Gasteiger charge is -2.29. The Kier molecular flexibility index (Phi) is 5.77. The van der Waals surface area contributed by atoms with Crippen molar-refractivity contribution in [3.8, 4) is 0 Å². The average molecular weight is 425 g/mol. The molecule has 0 aliphatic carbocycles. The summed E-state index contributed by atoms with van der Waals surface area (Å²) in [6.45, 7) is 4.97. The summed E-state index contributed by atoms with van der Waals surface area (Å²) in [6, 6.07) is 8.42. The SMILES string of the molecule is COC(=O)c1ccc(CN2C(=O)N/C(=C\c3ccc(N4CCOCC4)cc3C)C2=O)o1. The molecule has 9 heteroatoms. The van der Waals surface area contributed by atoms with Gasteiger partial charge in [0.1, 0.15) is 11.5 Å². The Labute approximate surface area is 179 Å². The zero-order valence-corrected chi connectivity index (χ0v) is 17.3. The minimum absolute atomic E-state index is 0.0105. The number of benzene rings is 1. The van der Waals surface area contributed by atoms with E-state index in [2.05, 4.69) is 21.0 Å². The van der Waals surface area contributed by atoms with Crippen LogP contribution >= 0.6 is 0 Å². The first-order valence-electron chi connectivity index (χ1n) is 9.91. The van der Waals surface area contributed by atoms with Crippen molar-refractivity contribution in [3.63, 3.8) is 0 Å². The first-order chi connectivity index (χ1) is 15.0. The summed E-state index contributed by atoms with van der Waals surface area (Å²) >= 11 is 0. The first-order valence-corrected chi connectivity index (χ1v) is 9.91. The van der Waals surface area contributed by atoms with E-state index in [0.717, 1.165) is 34.8 Å². The van der Waals surface area contributed by atoms with Crippen molar-refractivity contribution >= 4 is 29.7 Å². The largest absolute Gasteiger partial charge is 0.463 e. The molecule has 0 unspecified atom stereocenters. The van der Waals surface area contributed by atoms with E-state index in [0.29, 0.717) is 19.0 Å². The number of anilines is 1. The Morgan fingerprint density at radius 2 is 1.97 bits per heavy atom. The predicted molar refractivity (Wildman–Crippen MR) is 111 cm³/mol. The summed E-state index contributed by atoms with van der Waals surface area (Å²) in [4.78, 5) is 39.9. The van der Waals surface area contributed by atoms with Gasteiger partial charge in [-0.25, -0.2) is 9.59 Å². The summed E-state index contributed by atoms with van der Waals surface area (Å²) in [5.74, 6) is -0.773. The fraction of sp³-hybridized carbons (Fsp3) is 0.318. The highest BCUT2D eigenvalue weighted by Crippen LogP contribution is 2.24. The minimum Gasteiger partial charge on any atom is -0.463 e. The number of carbonyl (C=O) groups excluding carboxylic acids is 3. The van der Waals surface area contributed by atoms with Gasteiger partial charge in [-0.3, -0.25) is 9.69 Å². The van der Waals surface area contributed by atoms with E-state index in [1.54, 1.807) is 6.08 Å². The molecular formula is C22H23N3O6. The Hall–Kier alpha value is -3.59. The number of furan rings is 1. The number of rotatable bonds is 5. The van der Waals surface area contributed by atoms with Gasteiger partial charge in [-0.1, -0.05) is 6.07 Å². The van der Waals surface area contributed by atoms with Gasteiger partial charge in [0.05, 0.1) is 26.9 Å². The number of esters is 1. The van der Waals surface area contributed by atoms with Gasteiger partial charge in [0.15, 0.2) is 0 Å². The van der Waals surface area contributed by atoms with Crippen LogP contribution in [0.5, 0.6) is 0 Å². The maximum atomic E-state index is 12.8. The lowest BCUT2D eigenvalue weighted by atomic mass is 10.1. The molecule has 2 aliphatic heterocycles. The smallest absolute Gasteiger partial charge is 0.373 e. The maximum absolute atomic E-state index is 12.8. The number of hydrogen-bond acceptors (Lipinski definition) is 7. The number of morpholine rings is 1. The molecule has 2 aliphatic rings. The second-order valence-electron chi connectivity index (χ2n) is 7.28. The van der Waals surface area contributed by atoms with Crippen molar-refractivity contribution in [3.05, 3.63) is 58.7 Å². The molecule has 3 amide bonds. The number of amides is 3. The van der Waals surface area contributed by atoms with E-state index >= 15 is 0 Å². The molecule has 0 saturated carbocycles. The fourth-order valence-electron chi connectivity index (χ4n) is 3.54. The molecule has 0 spiro atoms. The molecule has 1 N–H and O–H groups in total. The third-order valence-corrected chi connectivity index (χ3v) is 5.25. The van der Waals surface area contributed by atoms with Crippen LogP contribution in [0.25, 0.3) is 6.08 Å². The molecule has 0 atom stereocenters. The summed E-state index contributed by atoms with van der Waals surface area (Å²) < 4.78 is 15.3. The highest BCUT2D eigenvalue weighted by Gasteiger charge is 2.34. The summed E-state index contributed by atoms with van der Waals surface area (Å²) in [6.07, 6.45) is 1.67. The Morgan fingerprint density at radius 1 is 1.19 bits per heavy atom. The lowest BCUT2D eigenvalue weighted by Crippen LogP contribution is -2.36. The van der Waals surface area contributed by atoms with Gasteiger partial charge in [-0.2, -0.15) is 0 Å². The Bertz CT molecular complexity index is 1050. The van der Waals surface area contributed by atoms with Gasteiger partial charge in [0.25, 0.3) is 5.91 Å². The third-order valence-electron chi connectivity index (χ3n) is 5.25. The van der Waals surface area contributed by atoms with Crippen LogP contribution in [0.15, 0.2) is 40.4 Å². The van der Waals surface area contributed by atoms with Crippen molar-refractivity contribution in [2.45, 2.75) is 13.5 Å². The molecule has 162 valence electrons. The number of carbonyl (C=O) groups is 3. The number of ether oxygens (including phenoxy) is 2. The van der Waals surface area contributed by atoms with Gasteiger partial charge in [-0.05, 0) is 48.4 Å². The fourth-order valence-corrected chi connectivity index (χ4v) is 3.54. The first kappa shape index (κ1) is 20.7. The third kappa shape index (κ3) is 4.31. The lowest BCUT2D eigenvalue weighted by molar-refractivity contribution is -0.123. The van der Waals surface area contributed by atoms with Gasteiger partial charge in [-0.15, -0.1) is 0 Å². The number of urea groups is 1. The normalized spacial score (nSPS) is 17.9. The highest BCUT2D eigenvalue weighted by atomic mass is 16.5. The number of nitrogens with one attached hydrogen (secondary N) is 1. The quantitative estimate of drug-likeness (QED) is 0.446. The second-order valence-corrected chi connectivity index (χ2v) is 7.28. The Balaban J connectivity index is 1.49. The second kappa shape index (κ2) is 8.65. The number of nitrogens with zero attached hydrogens (tertiary/aromatic N) is 2. The highest BCUT2D eigenvalue weighted by molar-refractivity contribution is 6.13. The van der Waals surface area contributed by atoms with E-state index in [9.17, 15) is 14.4 Å². The summed E-state index contributed by atoms with van der Waals surface area (Å²) in [7, 11) is 1.24. The zero-order chi connectivity index (χ0) is 22.0. The van der Waals surface area contributed by atoms with Gasteiger partial charge in [0, 0.05) is 18.8 Å². The molecule has 2 fully saturated rings. The van der Waals surface area contributed by atoms with Crippen LogP contribution in [0.2, 0.25) is 0 Å². The molecule has 1 aromatic carbocycles. The van der Waals surface area contributed by atoms with Crippen LogP contribution in [0.1, 0.15) is 27.4 Å². The minimum atomic E-state index is -0.625. The molecule has 4 rings (SSSR count). The van der Waals surface area contributed by atoms with E-state index in [1.165, 1.54) is 19.2 Å². The van der Waals surface area contributed by atoms with Crippen molar-refractivity contribution in [2.75, 3.05) is 38.3 Å². The van der Waals surface area contributed by atoms with Gasteiger partial charge < -0.3 is 24.1 Å². The monoisotopic (exact) mass is 425 g/mol. The predicted octanol–water partition coefficient (Wildman–Crippen LogP) is 2.30. The van der Waals surface area contributed by atoms with E-state index in [1.807, 2.05) is 19.1 Å². The Morgan fingerprint density at radius 3 is 2.68 bits per heavy atom. The number of aryl methyl sites for hydroxylation is 1. The molecule has 3 heterocycles. The van der Waals surface area contributed by atoms with Crippen molar-refractivity contribution in [1.82, 2.24) is 10.2 Å². The van der Waals surface area contributed by atoms with Gasteiger partial charge in [0.2, 0.25) is 5.76 Å². The van der Waals surface area contributed by atoms with Crippen LogP contribution in [-0.2, 0) is 20.8 Å². The molecule has 1 aromatic heterocycles. The summed E-state index contributed by atoms with van der Waals surface area (Å²) in [5.41, 5.74) is 3.12. The number of methoxy groups -OCH3 is 1. The van der Waals surface area contributed by atoms with Gasteiger partial charge >= 0.3 is 12.0 Å². The molecule has 0 bridgehead atoms. The molecular weight excluding hydrogens is 402 g/mol. The molecule has 2 aromatic rings. The zero-order valence-electron chi connectivity index (χ0n) is 17.3. The number of hydrogen-bond donors (Lipinski definition) is 1. The van der Waals surface area contributed by atoms with E-state index < -0.39 is 17.9 Å².